The summed E-state index contributed by atoms with van der Waals surface area (Å²) in [6.07, 6.45) is 1.64. The number of likely N-dealkylation sites (N-methyl/N-ethyl adjacent to an activating group) is 1. The van der Waals surface area contributed by atoms with Crippen LogP contribution in [-0.4, -0.2) is 79.0 Å². The lowest BCUT2D eigenvalue weighted by molar-refractivity contribution is 0.0899. The van der Waals surface area contributed by atoms with E-state index in [9.17, 15) is 9.59 Å². The molecule has 0 saturated carbocycles. The first-order valence-corrected chi connectivity index (χ1v) is 8.72. The minimum absolute atomic E-state index is 0.0283. The number of piperazine rings is 1. The zero-order chi connectivity index (χ0) is 16.9. The number of likely N-dealkylation sites (tertiary alicyclic amines) is 1. The summed E-state index contributed by atoms with van der Waals surface area (Å²) in [5, 5.41) is 3.08. The Hall–Kier alpha value is -2.08. The van der Waals surface area contributed by atoms with Crippen molar-refractivity contribution >= 4 is 11.9 Å². The van der Waals surface area contributed by atoms with Gasteiger partial charge < -0.3 is 20.0 Å². The van der Waals surface area contributed by atoms with Crippen LogP contribution < -0.4 is 5.32 Å². The standard InChI is InChI=1S/C18H26N4O2/c1-20-11-13-22(14-12-20)18(24)21-9-7-16(8-10-21)19-17(23)15-5-3-2-4-6-15/h2-6,16H,7-14H2,1H3,(H,19,23). The van der Waals surface area contributed by atoms with Crippen LogP contribution in [0.25, 0.3) is 0 Å². The summed E-state index contributed by atoms with van der Waals surface area (Å²) < 4.78 is 0. The maximum atomic E-state index is 12.6. The van der Waals surface area contributed by atoms with Crippen molar-refractivity contribution in [3.63, 3.8) is 0 Å². The Morgan fingerprint density at radius 3 is 2.12 bits per heavy atom. The van der Waals surface area contributed by atoms with Crippen LogP contribution >= 0.6 is 0 Å². The predicted molar refractivity (Wildman–Crippen MR) is 93.0 cm³/mol. The number of hydrogen-bond donors (Lipinski definition) is 1. The third-order valence-electron chi connectivity index (χ3n) is 4.91. The summed E-state index contributed by atoms with van der Waals surface area (Å²) in [4.78, 5) is 30.9. The summed E-state index contributed by atoms with van der Waals surface area (Å²) >= 11 is 0. The molecule has 2 aliphatic rings. The molecule has 1 aromatic carbocycles. The maximum absolute atomic E-state index is 12.6. The second-order valence-corrected chi connectivity index (χ2v) is 6.67. The van der Waals surface area contributed by atoms with Gasteiger partial charge in [-0.25, -0.2) is 4.79 Å². The molecule has 0 radical (unpaired) electrons. The number of nitrogens with one attached hydrogen (secondary N) is 1. The van der Waals surface area contributed by atoms with Crippen LogP contribution in [0.3, 0.4) is 0 Å². The fourth-order valence-corrected chi connectivity index (χ4v) is 3.27. The monoisotopic (exact) mass is 330 g/mol. The molecule has 2 saturated heterocycles. The van der Waals surface area contributed by atoms with Crippen LogP contribution in [0.1, 0.15) is 23.2 Å². The third kappa shape index (κ3) is 4.06. The zero-order valence-electron chi connectivity index (χ0n) is 14.3. The fraction of sp³-hybridized carbons (Fsp3) is 0.556. The molecule has 1 N–H and O–H groups in total. The van der Waals surface area contributed by atoms with E-state index in [2.05, 4.69) is 17.3 Å². The minimum Gasteiger partial charge on any atom is -0.349 e. The van der Waals surface area contributed by atoms with Gasteiger partial charge in [-0.1, -0.05) is 18.2 Å². The van der Waals surface area contributed by atoms with E-state index >= 15 is 0 Å². The molecular weight excluding hydrogens is 304 g/mol. The molecule has 130 valence electrons. The van der Waals surface area contributed by atoms with E-state index in [1.54, 1.807) is 0 Å². The van der Waals surface area contributed by atoms with Gasteiger partial charge in [0.25, 0.3) is 5.91 Å². The molecule has 0 atom stereocenters. The summed E-state index contributed by atoms with van der Waals surface area (Å²) in [5.74, 6) is -0.0283. The first-order chi connectivity index (χ1) is 11.6. The number of hydrogen-bond acceptors (Lipinski definition) is 3. The van der Waals surface area contributed by atoms with Crippen LogP contribution in [0.4, 0.5) is 4.79 Å². The van der Waals surface area contributed by atoms with Gasteiger partial charge in [0.05, 0.1) is 0 Å². The van der Waals surface area contributed by atoms with Gasteiger partial charge in [0.15, 0.2) is 0 Å². The molecular formula is C18H26N4O2. The van der Waals surface area contributed by atoms with Crippen molar-refractivity contribution in [2.24, 2.45) is 0 Å². The highest BCUT2D eigenvalue weighted by Crippen LogP contribution is 2.14. The second-order valence-electron chi connectivity index (χ2n) is 6.67. The first-order valence-electron chi connectivity index (χ1n) is 8.72. The molecule has 2 fully saturated rings. The highest BCUT2D eigenvalue weighted by molar-refractivity contribution is 5.94. The van der Waals surface area contributed by atoms with E-state index in [1.807, 2.05) is 40.1 Å². The molecule has 2 aliphatic heterocycles. The summed E-state index contributed by atoms with van der Waals surface area (Å²) in [5.41, 5.74) is 0.688. The van der Waals surface area contributed by atoms with Gasteiger partial charge in [-0.3, -0.25) is 4.79 Å². The van der Waals surface area contributed by atoms with Crippen LogP contribution in [0, 0.1) is 0 Å². The quantitative estimate of drug-likeness (QED) is 0.888. The lowest BCUT2D eigenvalue weighted by Crippen LogP contribution is -2.54. The summed E-state index contributed by atoms with van der Waals surface area (Å²) in [6.45, 7) is 4.92. The number of urea groups is 1. The number of piperidine rings is 1. The Labute approximate surface area is 143 Å². The molecule has 0 bridgehead atoms. The van der Waals surface area contributed by atoms with Crippen LogP contribution in [0.15, 0.2) is 30.3 Å². The number of carbonyl (C=O) groups excluding carboxylic acids is 2. The molecule has 0 spiro atoms. The van der Waals surface area contributed by atoms with Crippen molar-refractivity contribution in [1.29, 1.82) is 0 Å². The molecule has 0 unspecified atom stereocenters. The van der Waals surface area contributed by atoms with E-state index in [0.717, 1.165) is 39.0 Å². The van der Waals surface area contributed by atoms with Crippen molar-refractivity contribution in [2.45, 2.75) is 18.9 Å². The second kappa shape index (κ2) is 7.66. The average molecular weight is 330 g/mol. The molecule has 0 aliphatic carbocycles. The number of carbonyl (C=O) groups is 2. The van der Waals surface area contributed by atoms with Crippen molar-refractivity contribution in [3.8, 4) is 0 Å². The molecule has 3 rings (SSSR count). The van der Waals surface area contributed by atoms with Gasteiger partial charge in [-0.2, -0.15) is 0 Å². The zero-order valence-corrected chi connectivity index (χ0v) is 14.3. The van der Waals surface area contributed by atoms with Crippen LogP contribution in [-0.2, 0) is 0 Å². The Morgan fingerprint density at radius 2 is 1.50 bits per heavy atom. The molecule has 2 heterocycles. The Morgan fingerprint density at radius 1 is 0.917 bits per heavy atom. The van der Waals surface area contributed by atoms with Crippen molar-refractivity contribution in [1.82, 2.24) is 20.0 Å². The highest BCUT2D eigenvalue weighted by atomic mass is 16.2. The van der Waals surface area contributed by atoms with E-state index in [0.29, 0.717) is 18.7 Å². The SMILES string of the molecule is CN1CCN(C(=O)N2CCC(NC(=O)c3ccccc3)CC2)CC1. The smallest absolute Gasteiger partial charge is 0.320 e. The number of rotatable bonds is 2. The minimum atomic E-state index is -0.0283. The van der Waals surface area contributed by atoms with Gasteiger partial charge >= 0.3 is 6.03 Å². The Kier molecular flexibility index (Phi) is 5.35. The maximum Gasteiger partial charge on any atom is 0.320 e. The van der Waals surface area contributed by atoms with E-state index in [1.165, 1.54) is 0 Å². The first kappa shape index (κ1) is 16.8. The molecule has 6 nitrogen and oxygen atoms in total. The van der Waals surface area contributed by atoms with Crippen LogP contribution in [0.2, 0.25) is 0 Å². The third-order valence-corrected chi connectivity index (χ3v) is 4.91. The van der Waals surface area contributed by atoms with Gasteiger partial charge in [-0.05, 0) is 32.0 Å². The van der Waals surface area contributed by atoms with E-state index < -0.39 is 0 Å². The molecule has 6 heteroatoms. The summed E-state index contributed by atoms with van der Waals surface area (Å²) in [6, 6.07) is 9.57. The van der Waals surface area contributed by atoms with Crippen molar-refractivity contribution in [2.75, 3.05) is 46.3 Å². The topological polar surface area (TPSA) is 55.9 Å². The number of amides is 3. The van der Waals surface area contributed by atoms with Crippen molar-refractivity contribution in [3.05, 3.63) is 35.9 Å². The van der Waals surface area contributed by atoms with E-state index in [4.69, 9.17) is 0 Å². The molecule has 1 aromatic rings. The Balaban J connectivity index is 1.45. The average Bonchev–Trinajstić information content (AvgIpc) is 2.63. The largest absolute Gasteiger partial charge is 0.349 e. The molecule has 3 amide bonds. The van der Waals surface area contributed by atoms with Gasteiger partial charge in [0.2, 0.25) is 0 Å². The van der Waals surface area contributed by atoms with E-state index in [-0.39, 0.29) is 18.0 Å². The summed E-state index contributed by atoms with van der Waals surface area (Å²) in [7, 11) is 2.09. The Bertz CT molecular complexity index is 562. The lowest BCUT2D eigenvalue weighted by Gasteiger charge is -2.39. The normalized spacial score (nSPS) is 20.0. The van der Waals surface area contributed by atoms with Gasteiger partial charge in [-0.15, -0.1) is 0 Å². The van der Waals surface area contributed by atoms with Crippen molar-refractivity contribution < 1.29 is 9.59 Å². The highest BCUT2D eigenvalue weighted by Gasteiger charge is 2.28. The molecule has 24 heavy (non-hydrogen) atoms. The fourth-order valence-electron chi connectivity index (χ4n) is 3.27. The van der Waals surface area contributed by atoms with Gasteiger partial charge in [0.1, 0.15) is 0 Å². The number of nitrogens with zero attached hydrogens (tertiary/aromatic N) is 3. The molecule has 0 aromatic heterocycles. The lowest BCUT2D eigenvalue weighted by atomic mass is 10.0. The van der Waals surface area contributed by atoms with Gasteiger partial charge in [0, 0.05) is 50.9 Å². The van der Waals surface area contributed by atoms with Crippen LogP contribution in [0.5, 0.6) is 0 Å². The number of benzene rings is 1. The predicted octanol–water partition coefficient (Wildman–Crippen LogP) is 1.25.